The third kappa shape index (κ3) is 4.20. The maximum Gasteiger partial charge on any atom is 0.214 e. The molecule has 0 amide bonds. The summed E-state index contributed by atoms with van der Waals surface area (Å²) in [6.07, 6.45) is 0.953. The van der Waals surface area contributed by atoms with E-state index in [1.165, 1.54) is 6.07 Å². The molecule has 5 heteroatoms. The quantitative estimate of drug-likeness (QED) is 0.793. The van der Waals surface area contributed by atoms with E-state index in [1.807, 2.05) is 18.2 Å². The first-order chi connectivity index (χ1) is 9.69. The normalized spacial score (nSPS) is 10.3. The minimum Gasteiger partial charge on any atom is -0.493 e. The van der Waals surface area contributed by atoms with Gasteiger partial charge in [0, 0.05) is 16.6 Å². The molecule has 0 fully saturated rings. The number of rotatable bonds is 6. The molecule has 3 nitrogen and oxygen atoms in total. The SMILES string of the molecule is CCCOc1ccc(Br)cc1CNc1cccc(F)n1. The fourth-order valence-electron chi connectivity index (χ4n) is 1.73. The average Bonchev–Trinajstić information content (AvgIpc) is 2.44. The number of pyridine rings is 1. The first kappa shape index (κ1) is 14.8. The molecular formula is C15H16BrFN2O. The van der Waals surface area contributed by atoms with Crippen LogP contribution in [0.15, 0.2) is 40.9 Å². The van der Waals surface area contributed by atoms with Crippen LogP contribution in [0.5, 0.6) is 5.75 Å². The number of aromatic nitrogens is 1. The van der Waals surface area contributed by atoms with Crippen LogP contribution < -0.4 is 10.1 Å². The molecule has 2 rings (SSSR count). The lowest BCUT2D eigenvalue weighted by Gasteiger charge is -2.12. The number of hydrogen-bond acceptors (Lipinski definition) is 3. The molecule has 1 heterocycles. The second-order valence-electron chi connectivity index (χ2n) is 4.30. The van der Waals surface area contributed by atoms with Gasteiger partial charge in [0.2, 0.25) is 5.95 Å². The molecule has 0 aliphatic heterocycles. The van der Waals surface area contributed by atoms with E-state index in [2.05, 4.69) is 33.2 Å². The molecule has 0 aliphatic carbocycles. The maximum atomic E-state index is 13.0. The number of halogens is 2. The summed E-state index contributed by atoms with van der Waals surface area (Å²) in [5.41, 5.74) is 0.999. The zero-order valence-corrected chi connectivity index (χ0v) is 12.8. The molecule has 0 atom stereocenters. The summed E-state index contributed by atoms with van der Waals surface area (Å²) in [7, 11) is 0. The minimum absolute atomic E-state index is 0.494. The van der Waals surface area contributed by atoms with Crippen molar-refractivity contribution in [1.29, 1.82) is 0 Å². The topological polar surface area (TPSA) is 34.1 Å². The largest absolute Gasteiger partial charge is 0.493 e. The van der Waals surface area contributed by atoms with E-state index in [4.69, 9.17) is 4.74 Å². The predicted octanol–water partition coefficient (Wildman–Crippen LogP) is 4.38. The fraction of sp³-hybridized carbons (Fsp3) is 0.267. The molecule has 0 spiro atoms. The average molecular weight is 339 g/mol. The Labute approximate surface area is 126 Å². The lowest BCUT2D eigenvalue weighted by molar-refractivity contribution is 0.314. The van der Waals surface area contributed by atoms with Crippen molar-refractivity contribution in [2.45, 2.75) is 19.9 Å². The van der Waals surface area contributed by atoms with Crippen LogP contribution in [-0.2, 0) is 6.54 Å². The van der Waals surface area contributed by atoms with Gasteiger partial charge < -0.3 is 10.1 Å². The highest BCUT2D eigenvalue weighted by molar-refractivity contribution is 9.10. The van der Waals surface area contributed by atoms with E-state index >= 15 is 0 Å². The lowest BCUT2D eigenvalue weighted by atomic mass is 10.2. The van der Waals surface area contributed by atoms with Crippen LogP contribution in [0.25, 0.3) is 0 Å². The first-order valence-electron chi connectivity index (χ1n) is 6.46. The van der Waals surface area contributed by atoms with Crippen molar-refractivity contribution in [3.63, 3.8) is 0 Å². The van der Waals surface area contributed by atoms with Gasteiger partial charge >= 0.3 is 0 Å². The van der Waals surface area contributed by atoms with Gasteiger partial charge in [0.25, 0.3) is 0 Å². The number of benzene rings is 1. The van der Waals surface area contributed by atoms with Gasteiger partial charge in [0.1, 0.15) is 11.6 Å². The smallest absolute Gasteiger partial charge is 0.214 e. The van der Waals surface area contributed by atoms with Crippen molar-refractivity contribution in [3.8, 4) is 5.75 Å². The summed E-state index contributed by atoms with van der Waals surface area (Å²) in [5, 5.41) is 3.09. The van der Waals surface area contributed by atoms with E-state index in [0.717, 1.165) is 22.2 Å². The molecule has 0 unspecified atom stereocenters. The van der Waals surface area contributed by atoms with Gasteiger partial charge in [-0.3, -0.25) is 0 Å². The molecule has 0 saturated carbocycles. The summed E-state index contributed by atoms with van der Waals surface area (Å²) >= 11 is 3.44. The molecule has 0 saturated heterocycles. The summed E-state index contributed by atoms with van der Waals surface area (Å²) < 4.78 is 19.7. The molecule has 0 bridgehead atoms. The highest BCUT2D eigenvalue weighted by Gasteiger charge is 2.05. The second kappa shape index (κ2) is 7.24. The van der Waals surface area contributed by atoms with Crippen LogP contribution in [-0.4, -0.2) is 11.6 Å². The molecule has 0 aliphatic rings. The van der Waals surface area contributed by atoms with Gasteiger partial charge in [-0.25, -0.2) is 4.98 Å². The first-order valence-corrected chi connectivity index (χ1v) is 7.26. The minimum atomic E-state index is -0.494. The van der Waals surface area contributed by atoms with Crippen molar-refractivity contribution in [1.82, 2.24) is 4.98 Å². The van der Waals surface area contributed by atoms with Crippen LogP contribution in [0.2, 0.25) is 0 Å². The Morgan fingerprint density at radius 1 is 1.30 bits per heavy atom. The van der Waals surface area contributed by atoms with Crippen LogP contribution >= 0.6 is 15.9 Å². The Morgan fingerprint density at radius 3 is 2.90 bits per heavy atom. The zero-order valence-electron chi connectivity index (χ0n) is 11.2. The standard InChI is InChI=1S/C15H16BrFN2O/c1-2-8-20-13-7-6-12(16)9-11(13)10-18-15-5-3-4-14(17)19-15/h3-7,9H,2,8,10H2,1H3,(H,18,19). The molecular weight excluding hydrogens is 323 g/mol. The number of anilines is 1. The second-order valence-corrected chi connectivity index (χ2v) is 5.22. The molecule has 1 aromatic heterocycles. The van der Waals surface area contributed by atoms with Gasteiger partial charge in [0.05, 0.1) is 6.61 Å². The summed E-state index contributed by atoms with van der Waals surface area (Å²) in [6.45, 7) is 3.26. The highest BCUT2D eigenvalue weighted by Crippen LogP contribution is 2.24. The third-order valence-corrected chi connectivity index (χ3v) is 3.15. The number of hydrogen-bond donors (Lipinski definition) is 1. The molecule has 1 aromatic carbocycles. The third-order valence-electron chi connectivity index (χ3n) is 2.66. The van der Waals surface area contributed by atoms with E-state index in [0.29, 0.717) is 19.0 Å². The van der Waals surface area contributed by atoms with E-state index < -0.39 is 5.95 Å². The maximum absolute atomic E-state index is 13.0. The Balaban J connectivity index is 2.09. The van der Waals surface area contributed by atoms with Gasteiger partial charge in [-0.1, -0.05) is 28.9 Å². The van der Waals surface area contributed by atoms with Gasteiger partial charge in [-0.15, -0.1) is 0 Å². The Bertz CT molecular complexity index is 578. The van der Waals surface area contributed by atoms with Crippen molar-refractivity contribution >= 4 is 21.7 Å². The number of ether oxygens (including phenoxy) is 1. The number of nitrogens with one attached hydrogen (secondary N) is 1. The Hall–Kier alpha value is -1.62. The predicted molar refractivity (Wildman–Crippen MR) is 81.4 cm³/mol. The zero-order chi connectivity index (χ0) is 14.4. The van der Waals surface area contributed by atoms with Crippen molar-refractivity contribution in [2.24, 2.45) is 0 Å². The summed E-state index contributed by atoms with van der Waals surface area (Å²) in [4.78, 5) is 3.77. The lowest BCUT2D eigenvalue weighted by Crippen LogP contribution is -2.05. The van der Waals surface area contributed by atoms with Gasteiger partial charge in [-0.05, 0) is 36.8 Å². The molecule has 106 valence electrons. The van der Waals surface area contributed by atoms with E-state index in [-0.39, 0.29) is 0 Å². The summed E-state index contributed by atoms with van der Waals surface area (Å²) in [6, 6.07) is 10.5. The van der Waals surface area contributed by atoms with Crippen molar-refractivity contribution in [3.05, 3.63) is 52.4 Å². The van der Waals surface area contributed by atoms with Crippen LogP contribution in [0.3, 0.4) is 0 Å². The molecule has 20 heavy (non-hydrogen) atoms. The Kier molecular flexibility index (Phi) is 5.35. The summed E-state index contributed by atoms with van der Waals surface area (Å²) in [5.74, 6) is 0.845. The fourth-order valence-corrected chi connectivity index (χ4v) is 2.14. The van der Waals surface area contributed by atoms with Crippen LogP contribution in [0.4, 0.5) is 10.2 Å². The van der Waals surface area contributed by atoms with Gasteiger partial charge in [0.15, 0.2) is 0 Å². The monoisotopic (exact) mass is 338 g/mol. The van der Waals surface area contributed by atoms with Crippen LogP contribution in [0.1, 0.15) is 18.9 Å². The van der Waals surface area contributed by atoms with Crippen molar-refractivity contribution < 1.29 is 9.13 Å². The highest BCUT2D eigenvalue weighted by atomic mass is 79.9. The van der Waals surface area contributed by atoms with E-state index in [1.54, 1.807) is 12.1 Å². The number of nitrogens with zero attached hydrogens (tertiary/aromatic N) is 1. The van der Waals surface area contributed by atoms with Gasteiger partial charge in [-0.2, -0.15) is 4.39 Å². The van der Waals surface area contributed by atoms with Crippen LogP contribution in [0, 0.1) is 5.95 Å². The van der Waals surface area contributed by atoms with E-state index in [9.17, 15) is 4.39 Å². The molecule has 1 N–H and O–H groups in total. The van der Waals surface area contributed by atoms with Crippen molar-refractivity contribution in [2.75, 3.05) is 11.9 Å². The molecule has 2 aromatic rings. The Morgan fingerprint density at radius 2 is 2.15 bits per heavy atom. The molecule has 0 radical (unpaired) electrons.